The van der Waals surface area contributed by atoms with Gasteiger partial charge in [-0.25, -0.2) is 14.2 Å². The first-order valence-electron chi connectivity index (χ1n) is 10.0. The summed E-state index contributed by atoms with van der Waals surface area (Å²) < 4.78 is 20.0. The molecule has 1 aliphatic heterocycles. The molecule has 0 radical (unpaired) electrons. The smallest absolute Gasteiger partial charge is 0.341 e. The van der Waals surface area contributed by atoms with Crippen LogP contribution < -0.4 is 4.90 Å². The summed E-state index contributed by atoms with van der Waals surface area (Å²) in [5.41, 5.74) is 2.36. The molecule has 0 spiro atoms. The van der Waals surface area contributed by atoms with E-state index in [-0.39, 0.29) is 24.1 Å². The zero-order valence-corrected chi connectivity index (χ0v) is 17.0. The second-order valence-electron chi connectivity index (χ2n) is 7.38. The van der Waals surface area contributed by atoms with E-state index in [4.69, 9.17) is 4.74 Å². The summed E-state index contributed by atoms with van der Waals surface area (Å²) in [7, 11) is 1.80. The first kappa shape index (κ1) is 20.0. The Morgan fingerprint density at radius 2 is 1.87 bits per heavy atom. The number of carbonyl (C=O) groups excluding carboxylic acids is 2. The van der Waals surface area contributed by atoms with Crippen molar-refractivity contribution in [2.75, 3.05) is 24.6 Å². The minimum Gasteiger partial charge on any atom is -0.462 e. The van der Waals surface area contributed by atoms with Gasteiger partial charge in [-0.05, 0) is 44.0 Å². The minimum atomic E-state index is -0.421. The zero-order valence-electron chi connectivity index (χ0n) is 17.0. The van der Waals surface area contributed by atoms with Crippen LogP contribution >= 0.6 is 0 Å². The van der Waals surface area contributed by atoms with Gasteiger partial charge >= 0.3 is 5.97 Å². The molecule has 2 aromatic heterocycles. The number of ketones is 1. The van der Waals surface area contributed by atoms with Crippen molar-refractivity contribution in [1.82, 2.24) is 14.8 Å². The minimum absolute atomic E-state index is 0.0292. The summed E-state index contributed by atoms with van der Waals surface area (Å²) in [6.07, 6.45) is 4.52. The molecule has 1 aliphatic rings. The lowest BCUT2D eigenvalue weighted by Gasteiger charge is -2.34. The number of anilines is 1. The van der Waals surface area contributed by atoms with Crippen molar-refractivity contribution in [2.45, 2.75) is 19.8 Å². The monoisotopic (exact) mass is 410 g/mol. The third-order valence-corrected chi connectivity index (χ3v) is 5.54. The summed E-state index contributed by atoms with van der Waals surface area (Å²) in [5, 5.41) is 5.06. The van der Waals surface area contributed by atoms with Crippen LogP contribution in [0.4, 0.5) is 10.1 Å². The van der Waals surface area contributed by atoms with Gasteiger partial charge in [0, 0.05) is 37.8 Å². The quantitative estimate of drug-likeness (QED) is 0.474. The summed E-state index contributed by atoms with van der Waals surface area (Å²) >= 11 is 0. The zero-order chi connectivity index (χ0) is 21.3. The fourth-order valence-corrected chi connectivity index (χ4v) is 4.00. The average molecular weight is 410 g/mol. The van der Waals surface area contributed by atoms with Crippen LogP contribution in [0.2, 0.25) is 0 Å². The summed E-state index contributed by atoms with van der Waals surface area (Å²) in [5.74, 6) is -0.883. The molecule has 3 aromatic rings. The largest absolute Gasteiger partial charge is 0.462 e. The van der Waals surface area contributed by atoms with Gasteiger partial charge in [0.25, 0.3) is 0 Å². The standard InChI is InChI=1S/C22H23FN4O3/c1-3-30-22(29)18-12-24-21-17(13-25-26(21)2)19(18)27-10-8-15(9-11-27)20(28)14-4-6-16(23)7-5-14/h4-7,12-13,15H,3,8-11H2,1-2H3. The molecule has 0 saturated carbocycles. The van der Waals surface area contributed by atoms with Gasteiger partial charge in [0.2, 0.25) is 0 Å². The number of halogens is 1. The van der Waals surface area contributed by atoms with E-state index in [0.717, 1.165) is 11.1 Å². The van der Waals surface area contributed by atoms with Crippen molar-refractivity contribution in [3.8, 4) is 0 Å². The van der Waals surface area contributed by atoms with Crippen molar-refractivity contribution in [2.24, 2.45) is 13.0 Å². The summed E-state index contributed by atoms with van der Waals surface area (Å²) in [6.45, 7) is 3.26. The van der Waals surface area contributed by atoms with Crippen LogP contribution in [0.5, 0.6) is 0 Å². The number of Topliss-reactive ketones (excluding diaryl/α,β-unsaturated/α-hetero) is 1. The van der Waals surface area contributed by atoms with E-state index in [0.29, 0.717) is 42.7 Å². The molecule has 0 bridgehead atoms. The molecule has 7 nitrogen and oxygen atoms in total. The molecule has 1 saturated heterocycles. The van der Waals surface area contributed by atoms with Crippen LogP contribution in [0.25, 0.3) is 11.0 Å². The Kier molecular flexibility index (Phi) is 5.48. The van der Waals surface area contributed by atoms with Gasteiger partial charge in [-0.2, -0.15) is 5.10 Å². The predicted octanol–water partition coefficient (Wildman–Crippen LogP) is 3.38. The van der Waals surface area contributed by atoms with Gasteiger partial charge in [0.05, 0.1) is 23.9 Å². The maximum atomic E-state index is 13.2. The number of benzene rings is 1. The number of aryl methyl sites for hydroxylation is 1. The third kappa shape index (κ3) is 3.65. The molecule has 0 aliphatic carbocycles. The molecule has 4 rings (SSSR count). The van der Waals surface area contributed by atoms with Crippen LogP contribution in [0, 0.1) is 11.7 Å². The number of ether oxygens (including phenoxy) is 1. The molecule has 0 atom stereocenters. The lowest BCUT2D eigenvalue weighted by Crippen LogP contribution is -2.37. The maximum Gasteiger partial charge on any atom is 0.341 e. The number of hydrogen-bond donors (Lipinski definition) is 0. The Balaban J connectivity index is 1.59. The van der Waals surface area contributed by atoms with Crippen molar-refractivity contribution in [3.05, 3.63) is 53.6 Å². The first-order chi connectivity index (χ1) is 14.5. The Morgan fingerprint density at radius 3 is 2.53 bits per heavy atom. The highest BCUT2D eigenvalue weighted by molar-refractivity contribution is 6.04. The number of aromatic nitrogens is 3. The average Bonchev–Trinajstić information content (AvgIpc) is 3.14. The van der Waals surface area contributed by atoms with Crippen molar-refractivity contribution in [1.29, 1.82) is 0 Å². The summed E-state index contributed by atoms with van der Waals surface area (Å²) in [6, 6.07) is 5.68. The Morgan fingerprint density at radius 1 is 1.17 bits per heavy atom. The number of esters is 1. The molecule has 156 valence electrons. The van der Waals surface area contributed by atoms with Gasteiger partial charge in [0.1, 0.15) is 11.4 Å². The van der Waals surface area contributed by atoms with Crippen LogP contribution in [-0.4, -0.2) is 46.2 Å². The van der Waals surface area contributed by atoms with Gasteiger partial charge in [-0.1, -0.05) is 0 Å². The number of fused-ring (bicyclic) bond motifs is 1. The van der Waals surface area contributed by atoms with Gasteiger partial charge in [-0.3, -0.25) is 9.48 Å². The van der Waals surface area contributed by atoms with Gasteiger partial charge < -0.3 is 9.64 Å². The molecular formula is C22H23FN4O3. The topological polar surface area (TPSA) is 77.3 Å². The van der Waals surface area contributed by atoms with Crippen LogP contribution in [0.15, 0.2) is 36.7 Å². The SMILES string of the molecule is CCOC(=O)c1cnc2c(cnn2C)c1N1CCC(C(=O)c2ccc(F)cc2)CC1. The normalized spacial score (nSPS) is 14.8. The second kappa shape index (κ2) is 8.22. The van der Waals surface area contributed by atoms with E-state index in [1.54, 1.807) is 24.9 Å². The number of carbonyl (C=O) groups is 2. The maximum absolute atomic E-state index is 13.2. The number of piperidine rings is 1. The number of rotatable bonds is 5. The Bertz CT molecular complexity index is 1090. The van der Waals surface area contributed by atoms with E-state index >= 15 is 0 Å². The Hall–Kier alpha value is -3.29. The first-order valence-corrected chi connectivity index (χ1v) is 10.0. The molecule has 1 aromatic carbocycles. The number of nitrogens with zero attached hydrogens (tertiary/aromatic N) is 4. The Labute approximate surface area is 173 Å². The number of hydrogen-bond acceptors (Lipinski definition) is 6. The highest BCUT2D eigenvalue weighted by Crippen LogP contribution is 2.33. The highest BCUT2D eigenvalue weighted by Gasteiger charge is 2.30. The van der Waals surface area contributed by atoms with E-state index in [1.807, 2.05) is 0 Å². The molecule has 3 heterocycles. The highest BCUT2D eigenvalue weighted by atomic mass is 19.1. The molecule has 30 heavy (non-hydrogen) atoms. The van der Waals surface area contributed by atoms with E-state index in [1.165, 1.54) is 30.5 Å². The molecule has 1 fully saturated rings. The van der Waals surface area contributed by atoms with Crippen molar-refractivity contribution >= 4 is 28.5 Å². The fourth-order valence-electron chi connectivity index (χ4n) is 4.00. The third-order valence-electron chi connectivity index (χ3n) is 5.54. The van der Waals surface area contributed by atoms with Crippen molar-refractivity contribution < 1.29 is 18.7 Å². The molecular weight excluding hydrogens is 387 g/mol. The van der Waals surface area contributed by atoms with Crippen LogP contribution in [-0.2, 0) is 11.8 Å². The van der Waals surface area contributed by atoms with Gasteiger partial charge in [0.15, 0.2) is 11.4 Å². The second-order valence-corrected chi connectivity index (χ2v) is 7.38. The number of pyridine rings is 1. The lowest BCUT2D eigenvalue weighted by atomic mass is 9.88. The molecule has 0 unspecified atom stereocenters. The van der Waals surface area contributed by atoms with Gasteiger partial charge in [-0.15, -0.1) is 0 Å². The lowest BCUT2D eigenvalue weighted by molar-refractivity contribution is 0.0526. The van der Waals surface area contributed by atoms with Crippen molar-refractivity contribution in [3.63, 3.8) is 0 Å². The van der Waals surface area contributed by atoms with Crippen LogP contribution in [0.1, 0.15) is 40.5 Å². The fraction of sp³-hybridized carbons (Fsp3) is 0.364. The van der Waals surface area contributed by atoms with E-state index in [9.17, 15) is 14.0 Å². The predicted molar refractivity (Wildman–Crippen MR) is 110 cm³/mol. The summed E-state index contributed by atoms with van der Waals surface area (Å²) in [4.78, 5) is 31.8. The molecule has 0 amide bonds. The van der Waals surface area contributed by atoms with Crippen LogP contribution in [0.3, 0.4) is 0 Å². The van der Waals surface area contributed by atoms with E-state index in [2.05, 4.69) is 15.0 Å². The molecule has 0 N–H and O–H groups in total. The molecule has 8 heteroatoms. The van der Waals surface area contributed by atoms with E-state index < -0.39 is 5.97 Å².